The molecule has 10 aromatic rings. The molecule has 0 radical (unpaired) electrons. The van der Waals surface area contributed by atoms with Crippen molar-refractivity contribution in [3.05, 3.63) is 192 Å². The van der Waals surface area contributed by atoms with Gasteiger partial charge in [-0.05, 0) is 174 Å². The molecule has 2 heteroatoms. The lowest BCUT2D eigenvalue weighted by Gasteiger charge is -2.28. The van der Waals surface area contributed by atoms with Gasteiger partial charge in [0.1, 0.15) is 11.5 Å². The van der Waals surface area contributed by atoms with Gasteiger partial charge in [-0.15, -0.1) is 0 Å². The molecule has 2 aliphatic rings. The zero-order valence-electron chi connectivity index (χ0n) is 34.7. The van der Waals surface area contributed by atoms with Crippen molar-refractivity contribution < 1.29 is 10.2 Å². The molecule has 2 N–H and O–H groups in total. The second-order valence-corrected chi connectivity index (χ2v) is 17.5. The largest absolute Gasteiger partial charge is 0.507 e. The number of benzene rings is 10. The molecule has 10 aromatic carbocycles. The van der Waals surface area contributed by atoms with Gasteiger partial charge in [-0.1, -0.05) is 146 Å². The van der Waals surface area contributed by atoms with E-state index in [0.29, 0.717) is 0 Å². The van der Waals surface area contributed by atoms with Gasteiger partial charge < -0.3 is 10.2 Å². The number of aryl methyl sites for hydroxylation is 2. The topological polar surface area (TPSA) is 40.5 Å². The number of hydrogen-bond acceptors (Lipinski definition) is 2. The van der Waals surface area contributed by atoms with Crippen molar-refractivity contribution in [1.82, 2.24) is 0 Å². The highest BCUT2D eigenvalue weighted by Gasteiger charge is 2.29. The number of phenols is 2. The predicted molar refractivity (Wildman–Crippen MR) is 260 cm³/mol. The van der Waals surface area contributed by atoms with Crippen LogP contribution in [-0.4, -0.2) is 10.2 Å². The fourth-order valence-corrected chi connectivity index (χ4v) is 11.0. The summed E-state index contributed by atoms with van der Waals surface area (Å²) in [7, 11) is 0. The lowest BCUT2D eigenvalue weighted by Crippen LogP contribution is -2.10. The Morgan fingerprint density at radius 1 is 0.290 bits per heavy atom. The summed E-state index contributed by atoms with van der Waals surface area (Å²) >= 11 is 0. The van der Waals surface area contributed by atoms with E-state index in [-0.39, 0.29) is 11.5 Å². The Kier molecular flexibility index (Phi) is 8.74. The van der Waals surface area contributed by atoms with Crippen molar-refractivity contribution in [2.75, 3.05) is 0 Å². The average molecular weight is 799 g/mol. The summed E-state index contributed by atoms with van der Waals surface area (Å²) in [5, 5.41) is 35.3. The van der Waals surface area contributed by atoms with Crippen LogP contribution >= 0.6 is 0 Å². The number of phenolic OH excluding ortho intramolecular Hbond substituents is 2. The zero-order chi connectivity index (χ0) is 41.3. The second kappa shape index (κ2) is 14.8. The van der Waals surface area contributed by atoms with Gasteiger partial charge in [0.25, 0.3) is 0 Å². The van der Waals surface area contributed by atoms with E-state index in [4.69, 9.17) is 0 Å². The van der Waals surface area contributed by atoms with E-state index >= 15 is 0 Å². The monoisotopic (exact) mass is 798 g/mol. The molecule has 2 aliphatic carbocycles. The lowest BCUT2D eigenvalue weighted by atomic mass is 9.77. The van der Waals surface area contributed by atoms with Crippen molar-refractivity contribution in [2.24, 2.45) is 0 Å². The van der Waals surface area contributed by atoms with E-state index in [1.165, 1.54) is 76.5 Å². The van der Waals surface area contributed by atoms with Crippen LogP contribution in [0.3, 0.4) is 0 Å². The molecule has 0 saturated heterocycles. The molecule has 298 valence electrons. The Hall–Kier alpha value is -7.16. The summed E-state index contributed by atoms with van der Waals surface area (Å²) in [6, 6.07) is 61.1. The van der Waals surface area contributed by atoms with Gasteiger partial charge in [0.2, 0.25) is 0 Å². The molecule has 12 rings (SSSR count). The van der Waals surface area contributed by atoms with Crippen LogP contribution in [0, 0.1) is 0 Å². The van der Waals surface area contributed by atoms with E-state index in [0.717, 1.165) is 95.9 Å². The average Bonchev–Trinajstić information content (AvgIpc) is 3.32. The van der Waals surface area contributed by atoms with Gasteiger partial charge in [-0.25, -0.2) is 0 Å². The van der Waals surface area contributed by atoms with Crippen molar-refractivity contribution >= 4 is 43.1 Å². The third-order valence-corrected chi connectivity index (χ3v) is 14.0. The van der Waals surface area contributed by atoms with Crippen LogP contribution in [0.1, 0.15) is 47.9 Å². The first-order valence-corrected chi connectivity index (χ1v) is 22.4. The van der Waals surface area contributed by atoms with E-state index in [1.54, 1.807) is 0 Å². The number of fused-ring (bicyclic) bond motifs is 6. The van der Waals surface area contributed by atoms with Crippen molar-refractivity contribution in [1.29, 1.82) is 0 Å². The molecule has 0 spiro atoms. The lowest BCUT2D eigenvalue weighted by molar-refractivity contribution is 0.468. The summed E-state index contributed by atoms with van der Waals surface area (Å²) in [4.78, 5) is 0. The molecule has 62 heavy (non-hydrogen) atoms. The van der Waals surface area contributed by atoms with Crippen LogP contribution in [-0.2, 0) is 25.7 Å². The molecule has 0 atom stereocenters. The molecule has 2 nitrogen and oxygen atoms in total. The fourth-order valence-electron chi connectivity index (χ4n) is 11.0. The van der Waals surface area contributed by atoms with Gasteiger partial charge >= 0.3 is 0 Å². The quantitative estimate of drug-likeness (QED) is 0.170. The predicted octanol–water partition coefficient (Wildman–Crippen LogP) is 15.8. The first kappa shape index (κ1) is 36.7. The first-order valence-electron chi connectivity index (χ1n) is 22.4. The minimum atomic E-state index is 0.271. The van der Waals surface area contributed by atoms with Gasteiger partial charge in [-0.2, -0.15) is 0 Å². The van der Waals surface area contributed by atoms with Gasteiger partial charge in [0.15, 0.2) is 0 Å². The zero-order valence-corrected chi connectivity index (χ0v) is 34.7. The third-order valence-electron chi connectivity index (χ3n) is 14.0. The van der Waals surface area contributed by atoms with Gasteiger partial charge in [0.05, 0.1) is 0 Å². The molecule has 0 bridgehead atoms. The van der Waals surface area contributed by atoms with Crippen molar-refractivity contribution in [3.63, 3.8) is 0 Å². The SMILES string of the molecule is Oc1c(-c2ccc(-c3c4ccccc4cc4ccccc34)cc2)cc2c(c1-c1c(O)c(-c3ccc(-c4c5ccccc5cc5ccccc45)cc3)cc3c1CCCC3)CCCC2. The Labute approximate surface area is 362 Å². The van der Waals surface area contributed by atoms with E-state index in [1.807, 2.05) is 0 Å². The Balaban J connectivity index is 1.00. The molecule has 0 heterocycles. The van der Waals surface area contributed by atoms with Crippen LogP contribution in [0.25, 0.3) is 98.7 Å². The van der Waals surface area contributed by atoms with Gasteiger partial charge in [0, 0.05) is 22.3 Å². The minimum Gasteiger partial charge on any atom is -0.507 e. The molecule has 0 unspecified atom stereocenters. The molecule has 0 amide bonds. The van der Waals surface area contributed by atoms with Crippen molar-refractivity contribution in [3.8, 4) is 67.1 Å². The standard InChI is InChI=1S/C60H46O2/c61-59-53(37-25-29-39(30-26-37)55-47-19-7-1-13-41(47)33-42-14-2-8-20-48(42)55)35-45-17-5-11-23-51(45)57(59)58-52-24-12-6-18-46(52)36-54(60(58)62)38-27-31-40(32-28-38)56-49-21-9-3-15-43(49)34-44-16-4-10-22-50(44)56/h1-4,7-10,13-16,19-22,25-36,61-62H,5-6,11-12,17-18,23-24H2. The molecule has 0 fully saturated rings. The first-order chi connectivity index (χ1) is 30.6. The Morgan fingerprint density at radius 3 is 0.952 bits per heavy atom. The highest BCUT2D eigenvalue weighted by Crippen LogP contribution is 2.53. The van der Waals surface area contributed by atoms with Crippen molar-refractivity contribution in [2.45, 2.75) is 51.4 Å². The number of hydrogen-bond donors (Lipinski definition) is 2. The van der Waals surface area contributed by atoms with Crippen LogP contribution in [0.15, 0.2) is 170 Å². The summed E-state index contributed by atoms with van der Waals surface area (Å²) < 4.78 is 0. The summed E-state index contributed by atoms with van der Waals surface area (Å²) in [5.74, 6) is 0.542. The fraction of sp³-hybridized carbons (Fsp3) is 0.133. The van der Waals surface area contributed by atoms with E-state index in [9.17, 15) is 10.2 Å². The minimum absolute atomic E-state index is 0.271. The summed E-state index contributed by atoms with van der Waals surface area (Å²) in [5.41, 5.74) is 15.0. The van der Waals surface area contributed by atoms with Crippen LogP contribution < -0.4 is 0 Å². The maximum atomic E-state index is 12.7. The van der Waals surface area contributed by atoms with E-state index < -0.39 is 0 Å². The molecular formula is C60H46O2. The van der Waals surface area contributed by atoms with Gasteiger partial charge in [-0.3, -0.25) is 0 Å². The smallest absolute Gasteiger partial charge is 0.131 e. The molecule has 0 aliphatic heterocycles. The van der Waals surface area contributed by atoms with E-state index in [2.05, 4.69) is 170 Å². The summed E-state index contributed by atoms with van der Waals surface area (Å²) in [6.07, 6.45) is 8.07. The maximum Gasteiger partial charge on any atom is 0.131 e. The second-order valence-electron chi connectivity index (χ2n) is 17.5. The number of aromatic hydroxyl groups is 2. The molecular weight excluding hydrogens is 753 g/mol. The Bertz CT molecular complexity index is 3070. The Morgan fingerprint density at radius 2 is 0.597 bits per heavy atom. The third kappa shape index (κ3) is 5.92. The van der Waals surface area contributed by atoms with Crippen LogP contribution in [0.2, 0.25) is 0 Å². The molecule has 0 aromatic heterocycles. The highest BCUT2D eigenvalue weighted by molar-refractivity contribution is 6.14. The summed E-state index contributed by atoms with van der Waals surface area (Å²) in [6.45, 7) is 0. The van der Waals surface area contributed by atoms with Crippen LogP contribution in [0.5, 0.6) is 11.5 Å². The normalized spacial score (nSPS) is 13.7. The maximum absolute atomic E-state index is 12.7. The number of rotatable bonds is 5. The molecule has 0 saturated carbocycles. The van der Waals surface area contributed by atoms with Crippen LogP contribution in [0.4, 0.5) is 0 Å². The highest BCUT2D eigenvalue weighted by atomic mass is 16.3.